The molecule has 0 radical (unpaired) electrons. The van der Waals surface area contributed by atoms with Crippen molar-refractivity contribution in [3.8, 4) is 0 Å². The number of hydrogen-bond donors (Lipinski definition) is 1. The summed E-state index contributed by atoms with van der Waals surface area (Å²) in [7, 11) is 0. The monoisotopic (exact) mass is 183 g/mol. The zero-order valence-corrected chi connectivity index (χ0v) is 8.81. The summed E-state index contributed by atoms with van der Waals surface area (Å²) in [6.07, 6.45) is 5.13. The third-order valence-corrected chi connectivity index (χ3v) is 3.15. The average Bonchev–Trinajstić information content (AvgIpc) is 2.84. The van der Waals surface area contributed by atoms with Gasteiger partial charge in [0.1, 0.15) is 5.78 Å². The van der Waals surface area contributed by atoms with Gasteiger partial charge in [-0.05, 0) is 18.8 Å². The van der Waals surface area contributed by atoms with Crippen molar-refractivity contribution in [2.75, 3.05) is 6.54 Å². The van der Waals surface area contributed by atoms with Crippen molar-refractivity contribution in [3.63, 3.8) is 0 Å². The first-order valence-corrected chi connectivity index (χ1v) is 5.38. The molecule has 2 N–H and O–H groups in total. The summed E-state index contributed by atoms with van der Waals surface area (Å²) in [4.78, 5) is 11.8. The highest BCUT2D eigenvalue weighted by Crippen LogP contribution is 2.46. The Morgan fingerprint density at radius 1 is 1.54 bits per heavy atom. The van der Waals surface area contributed by atoms with Crippen LogP contribution in [-0.2, 0) is 4.79 Å². The van der Waals surface area contributed by atoms with Gasteiger partial charge in [-0.15, -0.1) is 0 Å². The Morgan fingerprint density at radius 2 is 2.15 bits per heavy atom. The van der Waals surface area contributed by atoms with E-state index in [1.165, 1.54) is 6.42 Å². The van der Waals surface area contributed by atoms with Crippen LogP contribution in [0.4, 0.5) is 0 Å². The van der Waals surface area contributed by atoms with Crippen LogP contribution in [0.15, 0.2) is 0 Å². The van der Waals surface area contributed by atoms with E-state index in [1.54, 1.807) is 0 Å². The summed E-state index contributed by atoms with van der Waals surface area (Å²) in [6.45, 7) is 4.88. The van der Waals surface area contributed by atoms with Gasteiger partial charge in [0.05, 0.1) is 0 Å². The minimum atomic E-state index is -0.0813. The standard InChI is InChI=1S/C11H21NO/c1-3-4-9(2)7-10(13)11(8-12)5-6-11/h9H,3-8,12H2,1-2H3. The van der Waals surface area contributed by atoms with Crippen LogP contribution in [-0.4, -0.2) is 12.3 Å². The molecule has 76 valence electrons. The van der Waals surface area contributed by atoms with Crippen LogP contribution in [0.1, 0.15) is 46.0 Å². The van der Waals surface area contributed by atoms with Gasteiger partial charge in [-0.2, -0.15) is 0 Å². The van der Waals surface area contributed by atoms with Gasteiger partial charge in [-0.3, -0.25) is 4.79 Å². The molecular formula is C11H21NO. The maximum Gasteiger partial charge on any atom is 0.140 e. The van der Waals surface area contributed by atoms with Crippen LogP contribution in [0.25, 0.3) is 0 Å². The number of nitrogens with two attached hydrogens (primary N) is 1. The van der Waals surface area contributed by atoms with Crippen LogP contribution >= 0.6 is 0 Å². The normalized spacial score (nSPS) is 21.2. The molecule has 0 aliphatic heterocycles. The van der Waals surface area contributed by atoms with E-state index in [1.807, 2.05) is 0 Å². The Labute approximate surface area is 80.9 Å². The van der Waals surface area contributed by atoms with E-state index in [4.69, 9.17) is 5.73 Å². The second-order valence-electron chi connectivity index (χ2n) is 4.51. The molecule has 1 fully saturated rings. The van der Waals surface area contributed by atoms with Gasteiger partial charge in [-0.1, -0.05) is 26.7 Å². The third kappa shape index (κ3) is 2.53. The lowest BCUT2D eigenvalue weighted by atomic mass is 9.91. The second kappa shape index (κ2) is 4.23. The quantitative estimate of drug-likeness (QED) is 0.685. The molecule has 0 heterocycles. The SMILES string of the molecule is CCCC(C)CC(=O)C1(CN)CC1. The minimum absolute atomic E-state index is 0.0813. The topological polar surface area (TPSA) is 43.1 Å². The summed E-state index contributed by atoms with van der Waals surface area (Å²) in [5, 5.41) is 0. The summed E-state index contributed by atoms with van der Waals surface area (Å²) >= 11 is 0. The summed E-state index contributed by atoms with van der Waals surface area (Å²) in [5.74, 6) is 0.956. The molecule has 0 bridgehead atoms. The van der Waals surface area contributed by atoms with Crippen molar-refractivity contribution in [1.29, 1.82) is 0 Å². The zero-order chi connectivity index (χ0) is 9.90. The predicted molar refractivity (Wildman–Crippen MR) is 54.4 cm³/mol. The molecule has 1 aliphatic rings. The number of carbonyl (C=O) groups excluding carboxylic acids is 1. The molecular weight excluding hydrogens is 162 g/mol. The first-order chi connectivity index (χ1) is 6.14. The molecule has 1 unspecified atom stereocenters. The molecule has 0 aromatic rings. The molecule has 0 spiro atoms. The van der Waals surface area contributed by atoms with Crippen LogP contribution in [0.3, 0.4) is 0 Å². The van der Waals surface area contributed by atoms with E-state index < -0.39 is 0 Å². The van der Waals surface area contributed by atoms with Gasteiger partial charge < -0.3 is 5.73 Å². The number of Topliss-reactive ketones (excluding diaryl/α,β-unsaturated/α-hetero) is 1. The van der Waals surface area contributed by atoms with E-state index in [-0.39, 0.29) is 5.41 Å². The van der Waals surface area contributed by atoms with Gasteiger partial charge in [0, 0.05) is 18.4 Å². The Morgan fingerprint density at radius 3 is 2.54 bits per heavy atom. The van der Waals surface area contributed by atoms with E-state index in [2.05, 4.69) is 13.8 Å². The van der Waals surface area contributed by atoms with Gasteiger partial charge in [0.2, 0.25) is 0 Å². The van der Waals surface area contributed by atoms with Crippen molar-refractivity contribution in [1.82, 2.24) is 0 Å². The Kier molecular flexibility index (Phi) is 3.48. The molecule has 0 aromatic carbocycles. The molecule has 2 heteroatoms. The molecule has 1 rings (SSSR count). The van der Waals surface area contributed by atoms with E-state index >= 15 is 0 Å². The van der Waals surface area contributed by atoms with Crippen LogP contribution in [0.2, 0.25) is 0 Å². The molecule has 1 aliphatic carbocycles. The van der Waals surface area contributed by atoms with E-state index in [0.717, 1.165) is 25.7 Å². The predicted octanol–water partition coefficient (Wildman–Crippen LogP) is 2.12. The number of ketones is 1. The number of carbonyl (C=O) groups is 1. The first kappa shape index (κ1) is 10.7. The Bertz CT molecular complexity index is 185. The highest BCUT2D eigenvalue weighted by atomic mass is 16.1. The lowest BCUT2D eigenvalue weighted by Gasteiger charge is -2.14. The first-order valence-electron chi connectivity index (χ1n) is 5.38. The smallest absolute Gasteiger partial charge is 0.140 e. The fourth-order valence-corrected chi connectivity index (χ4v) is 1.88. The molecule has 0 amide bonds. The molecule has 2 nitrogen and oxygen atoms in total. The number of rotatable bonds is 6. The Balaban J connectivity index is 2.32. The van der Waals surface area contributed by atoms with Crippen molar-refractivity contribution in [3.05, 3.63) is 0 Å². The molecule has 0 saturated heterocycles. The van der Waals surface area contributed by atoms with Gasteiger partial charge >= 0.3 is 0 Å². The minimum Gasteiger partial charge on any atom is -0.329 e. The fraction of sp³-hybridized carbons (Fsp3) is 0.909. The summed E-state index contributed by atoms with van der Waals surface area (Å²) in [5.41, 5.74) is 5.52. The zero-order valence-electron chi connectivity index (χ0n) is 8.81. The van der Waals surface area contributed by atoms with Crippen molar-refractivity contribution in [2.45, 2.75) is 46.0 Å². The van der Waals surface area contributed by atoms with Crippen LogP contribution in [0.5, 0.6) is 0 Å². The third-order valence-electron chi connectivity index (χ3n) is 3.15. The van der Waals surface area contributed by atoms with Crippen molar-refractivity contribution >= 4 is 5.78 Å². The van der Waals surface area contributed by atoms with Crippen LogP contribution < -0.4 is 5.73 Å². The maximum absolute atomic E-state index is 11.8. The average molecular weight is 183 g/mol. The van der Waals surface area contributed by atoms with E-state index in [9.17, 15) is 4.79 Å². The van der Waals surface area contributed by atoms with Gasteiger partial charge in [0.15, 0.2) is 0 Å². The van der Waals surface area contributed by atoms with Gasteiger partial charge in [-0.25, -0.2) is 0 Å². The van der Waals surface area contributed by atoms with Crippen LogP contribution in [0, 0.1) is 11.3 Å². The summed E-state index contributed by atoms with van der Waals surface area (Å²) in [6, 6.07) is 0. The van der Waals surface area contributed by atoms with Crippen molar-refractivity contribution < 1.29 is 4.79 Å². The highest BCUT2D eigenvalue weighted by molar-refractivity contribution is 5.87. The molecule has 1 atom stereocenters. The Hall–Kier alpha value is -0.370. The molecule has 13 heavy (non-hydrogen) atoms. The van der Waals surface area contributed by atoms with Gasteiger partial charge in [0.25, 0.3) is 0 Å². The lowest BCUT2D eigenvalue weighted by Crippen LogP contribution is -2.26. The second-order valence-corrected chi connectivity index (χ2v) is 4.51. The van der Waals surface area contributed by atoms with E-state index in [0.29, 0.717) is 18.2 Å². The molecule has 1 saturated carbocycles. The fourth-order valence-electron chi connectivity index (χ4n) is 1.88. The number of hydrogen-bond acceptors (Lipinski definition) is 2. The molecule has 0 aromatic heterocycles. The maximum atomic E-state index is 11.8. The largest absolute Gasteiger partial charge is 0.329 e. The lowest BCUT2D eigenvalue weighted by molar-refractivity contribution is -0.124. The highest BCUT2D eigenvalue weighted by Gasteiger charge is 2.47. The summed E-state index contributed by atoms with van der Waals surface area (Å²) < 4.78 is 0. The van der Waals surface area contributed by atoms with Crippen molar-refractivity contribution in [2.24, 2.45) is 17.1 Å².